The lowest BCUT2D eigenvalue weighted by molar-refractivity contribution is -0.131. The van der Waals surface area contributed by atoms with Gasteiger partial charge in [-0.25, -0.2) is 8.42 Å². The van der Waals surface area contributed by atoms with Crippen LogP contribution < -0.4 is 14.2 Å². The van der Waals surface area contributed by atoms with Gasteiger partial charge in [-0.1, -0.05) is 11.6 Å². The third-order valence-electron chi connectivity index (χ3n) is 5.51. The van der Waals surface area contributed by atoms with E-state index in [4.69, 9.17) is 25.8 Å². The van der Waals surface area contributed by atoms with Crippen LogP contribution in [0.2, 0.25) is 5.02 Å². The molecule has 32 heavy (non-hydrogen) atoms. The smallest absolute Gasteiger partial charge is 0.243 e. The van der Waals surface area contributed by atoms with E-state index in [1.54, 1.807) is 29.2 Å². The summed E-state index contributed by atoms with van der Waals surface area (Å²) < 4.78 is 43.6. The van der Waals surface area contributed by atoms with Gasteiger partial charge in [0.15, 0.2) is 11.5 Å². The van der Waals surface area contributed by atoms with Crippen molar-refractivity contribution in [2.75, 3.05) is 46.5 Å². The molecule has 1 amide bonds. The number of halogens is 1. The summed E-state index contributed by atoms with van der Waals surface area (Å²) in [6.07, 6.45) is 0.921. The molecule has 172 valence electrons. The summed E-state index contributed by atoms with van der Waals surface area (Å²) in [6, 6.07) is 9.80. The summed E-state index contributed by atoms with van der Waals surface area (Å²) in [7, 11) is -2.09. The summed E-state index contributed by atoms with van der Waals surface area (Å²) in [6.45, 7) is 2.20. The first-order valence-corrected chi connectivity index (χ1v) is 12.2. The van der Waals surface area contributed by atoms with Gasteiger partial charge in [0, 0.05) is 32.6 Å². The Morgan fingerprint density at radius 2 is 1.75 bits per heavy atom. The molecular formula is C22H25ClN2O6S. The van der Waals surface area contributed by atoms with E-state index >= 15 is 0 Å². The van der Waals surface area contributed by atoms with Gasteiger partial charge in [0.25, 0.3) is 0 Å². The number of benzene rings is 2. The van der Waals surface area contributed by atoms with Crippen LogP contribution in [0.25, 0.3) is 0 Å². The second-order valence-corrected chi connectivity index (χ2v) is 9.94. The predicted octanol–water partition coefficient (Wildman–Crippen LogP) is 2.59. The third kappa shape index (κ3) is 4.79. The van der Waals surface area contributed by atoms with E-state index in [0.29, 0.717) is 48.6 Å². The zero-order valence-corrected chi connectivity index (χ0v) is 19.3. The number of hydrogen-bond acceptors (Lipinski definition) is 6. The van der Waals surface area contributed by atoms with E-state index in [0.717, 1.165) is 12.0 Å². The molecule has 1 saturated heterocycles. The van der Waals surface area contributed by atoms with Crippen molar-refractivity contribution < 1.29 is 27.4 Å². The van der Waals surface area contributed by atoms with Crippen molar-refractivity contribution in [2.45, 2.75) is 17.7 Å². The fourth-order valence-corrected chi connectivity index (χ4v) is 5.46. The SMILES string of the molecule is COc1ccc(S(=O)(=O)N2CCN(C(=O)Cc3cc(Cl)c4c(c3)OCCCO4)CC2)cc1. The Balaban J connectivity index is 1.38. The molecule has 0 aliphatic carbocycles. The quantitative estimate of drug-likeness (QED) is 0.654. The maximum absolute atomic E-state index is 12.9. The number of sulfonamides is 1. The monoisotopic (exact) mass is 480 g/mol. The molecule has 0 atom stereocenters. The summed E-state index contributed by atoms with van der Waals surface area (Å²) >= 11 is 6.32. The highest BCUT2D eigenvalue weighted by molar-refractivity contribution is 7.89. The Morgan fingerprint density at radius 1 is 1.06 bits per heavy atom. The normalized spacial score (nSPS) is 17.0. The number of nitrogens with zero attached hydrogens (tertiary/aromatic N) is 2. The zero-order chi connectivity index (χ0) is 22.7. The molecule has 2 aromatic carbocycles. The Kier molecular flexibility index (Phi) is 6.78. The van der Waals surface area contributed by atoms with Crippen molar-refractivity contribution in [3.63, 3.8) is 0 Å². The van der Waals surface area contributed by atoms with Gasteiger partial charge in [-0.2, -0.15) is 4.31 Å². The van der Waals surface area contributed by atoms with Gasteiger partial charge in [-0.05, 0) is 42.0 Å². The van der Waals surface area contributed by atoms with Crippen molar-refractivity contribution in [3.8, 4) is 17.2 Å². The van der Waals surface area contributed by atoms with Crippen LogP contribution in [0.5, 0.6) is 17.2 Å². The first kappa shape index (κ1) is 22.7. The molecule has 0 spiro atoms. The number of methoxy groups -OCH3 is 1. The number of amides is 1. The van der Waals surface area contributed by atoms with E-state index in [1.807, 2.05) is 0 Å². The summed E-state index contributed by atoms with van der Waals surface area (Å²) in [5.74, 6) is 1.57. The van der Waals surface area contributed by atoms with Crippen LogP contribution in [-0.2, 0) is 21.2 Å². The molecule has 0 saturated carbocycles. The highest BCUT2D eigenvalue weighted by atomic mass is 35.5. The molecular weight excluding hydrogens is 456 g/mol. The number of piperazine rings is 1. The lowest BCUT2D eigenvalue weighted by Gasteiger charge is -2.34. The minimum absolute atomic E-state index is 0.0861. The lowest BCUT2D eigenvalue weighted by atomic mass is 10.1. The molecule has 2 aliphatic rings. The van der Waals surface area contributed by atoms with Gasteiger partial charge in [-0.3, -0.25) is 4.79 Å². The Morgan fingerprint density at radius 3 is 2.44 bits per heavy atom. The van der Waals surface area contributed by atoms with E-state index in [9.17, 15) is 13.2 Å². The molecule has 10 heteroatoms. The lowest BCUT2D eigenvalue weighted by Crippen LogP contribution is -2.50. The molecule has 4 rings (SSSR count). The van der Waals surface area contributed by atoms with Crippen molar-refractivity contribution in [2.24, 2.45) is 0 Å². The van der Waals surface area contributed by atoms with Crippen molar-refractivity contribution in [1.29, 1.82) is 0 Å². The van der Waals surface area contributed by atoms with Gasteiger partial charge < -0.3 is 19.1 Å². The number of carbonyl (C=O) groups excluding carboxylic acids is 1. The van der Waals surface area contributed by atoms with Gasteiger partial charge in [0.2, 0.25) is 15.9 Å². The molecule has 8 nitrogen and oxygen atoms in total. The van der Waals surface area contributed by atoms with Gasteiger partial charge >= 0.3 is 0 Å². The first-order valence-electron chi connectivity index (χ1n) is 10.4. The number of ether oxygens (including phenoxy) is 3. The van der Waals surface area contributed by atoms with Crippen LogP contribution in [0.15, 0.2) is 41.3 Å². The predicted molar refractivity (Wildman–Crippen MR) is 119 cm³/mol. The average Bonchev–Trinajstić information content (AvgIpc) is 3.05. The summed E-state index contributed by atoms with van der Waals surface area (Å²) in [5.41, 5.74) is 0.734. The molecule has 0 radical (unpaired) electrons. The second kappa shape index (κ2) is 9.56. The molecule has 0 N–H and O–H groups in total. The zero-order valence-electron chi connectivity index (χ0n) is 17.8. The van der Waals surface area contributed by atoms with E-state index in [2.05, 4.69) is 0 Å². The number of fused-ring (bicyclic) bond motifs is 1. The standard InChI is InChI=1S/C22H25ClN2O6S/c1-29-17-3-5-18(6-4-17)32(27,28)25-9-7-24(8-10-25)21(26)15-16-13-19(23)22-20(14-16)30-11-2-12-31-22/h3-6,13-14H,2,7-12,15H2,1H3. The second-order valence-electron chi connectivity index (χ2n) is 7.59. The molecule has 0 aromatic heterocycles. The molecule has 0 unspecified atom stereocenters. The molecule has 0 bridgehead atoms. The molecule has 1 fully saturated rings. The number of rotatable bonds is 5. The maximum Gasteiger partial charge on any atom is 0.243 e. The Bertz CT molecular complexity index is 1080. The van der Waals surface area contributed by atoms with Gasteiger partial charge in [0.1, 0.15) is 5.75 Å². The summed E-state index contributed by atoms with van der Waals surface area (Å²) in [5, 5.41) is 0.419. The minimum Gasteiger partial charge on any atom is -0.497 e. The highest BCUT2D eigenvalue weighted by Gasteiger charge is 2.30. The fourth-order valence-electron chi connectivity index (χ4n) is 3.75. The van der Waals surface area contributed by atoms with Crippen LogP contribution in [0.4, 0.5) is 0 Å². The Hall–Kier alpha value is -2.49. The van der Waals surface area contributed by atoms with Crippen LogP contribution in [0.3, 0.4) is 0 Å². The Labute approximate surface area is 192 Å². The summed E-state index contributed by atoms with van der Waals surface area (Å²) in [4.78, 5) is 14.7. The van der Waals surface area contributed by atoms with E-state index in [-0.39, 0.29) is 30.3 Å². The molecule has 2 aromatic rings. The number of carbonyl (C=O) groups is 1. The van der Waals surface area contributed by atoms with Crippen molar-refractivity contribution >= 4 is 27.5 Å². The fraction of sp³-hybridized carbons (Fsp3) is 0.409. The van der Waals surface area contributed by atoms with Crippen LogP contribution in [0, 0.1) is 0 Å². The van der Waals surface area contributed by atoms with E-state index < -0.39 is 10.0 Å². The largest absolute Gasteiger partial charge is 0.497 e. The van der Waals surface area contributed by atoms with Gasteiger partial charge in [-0.15, -0.1) is 0 Å². The van der Waals surface area contributed by atoms with E-state index in [1.165, 1.54) is 23.5 Å². The topological polar surface area (TPSA) is 85.4 Å². The third-order valence-corrected chi connectivity index (χ3v) is 7.70. The first-order chi connectivity index (χ1) is 15.4. The molecule has 2 heterocycles. The van der Waals surface area contributed by atoms with Crippen LogP contribution in [0.1, 0.15) is 12.0 Å². The average molecular weight is 481 g/mol. The van der Waals surface area contributed by atoms with Crippen molar-refractivity contribution in [3.05, 3.63) is 47.0 Å². The van der Waals surface area contributed by atoms with Crippen LogP contribution in [-0.4, -0.2) is 70.0 Å². The highest BCUT2D eigenvalue weighted by Crippen LogP contribution is 2.38. The number of hydrogen-bond donors (Lipinski definition) is 0. The molecule has 2 aliphatic heterocycles. The maximum atomic E-state index is 12.9. The van der Waals surface area contributed by atoms with Crippen LogP contribution >= 0.6 is 11.6 Å². The minimum atomic E-state index is -3.62. The van der Waals surface area contributed by atoms with Gasteiger partial charge in [0.05, 0.1) is 36.7 Å². The van der Waals surface area contributed by atoms with Crippen molar-refractivity contribution in [1.82, 2.24) is 9.21 Å².